The molecule has 2 amide bonds. The predicted molar refractivity (Wildman–Crippen MR) is 134 cm³/mol. The average Bonchev–Trinajstić information content (AvgIpc) is 3.50. The highest BCUT2D eigenvalue weighted by Gasteiger charge is 2.29. The van der Waals surface area contributed by atoms with Gasteiger partial charge in [0, 0.05) is 49.6 Å². The van der Waals surface area contributed by atoms with Crippen LogP contribution in [0.3, 0.4) is 0 Å². The van der Waals surface area contributed by atoms with Crippen LogP contribution in [0, 0.1) is 6.92 Å². The molecular weight excluding hydrogens is 442 g/mol. The number of primary amides is 1. The fourth-order valence-corrected chi connectivity index (χ4v) is 4.13. The molecule has 0 aliphatic heterocycles. The molecule has 182 valence electrons. The van der Waals surface area contributed by atoms with Crippen molar-refractivity contribution >= 4 is 22.6 Å². The van der Waals surface area contributed by atoms with Crippen molar-refractivity contribution in [3.8, 4) is 11.3 Å². The third kappa shape index (κ3) is 5.92. The van der Waals surface area contributed by atoms with E-state index < -0.39 is 6.04 Å². The first-order valence-corrected chi connectivity index (χ1v) is 11.9. The van der Waals surface area contributed by atoms with Gasteiger partial charge in [-0.1, -0.05) is 25.0 Å². The number of aromatic amines is 1. The van der Waals surface area contributed by atoms with Crippen molar-refractivity contribution in [1.29, 1.82) is 0 Å². The minimum absolute atomic E-state index is 0.0890. The van der Waals surface area contributed by atoms with Gasteiger partial charge in [-0.3, -0.25) is 19.3 Å². The molecule has 0 unspecified atom stereocenters. The number of imidazole rings is 1. The molecule has 3 heterocycles. The number of unbranched alkanes of at least 4 members (excludes halogenated alkanes) is 3. The molecule has 4 rings (SSSR count). The Bertz CT molecular complexity index is 1310. The zero-order valence-electron chi connectivity index (χ0n) is 20.1. The molecule has 1 aromatic carbocycles. The average molecular weight is 474 g/mol. The second-order valence-corrected chi connectivity index (χ2v) is 8.85. The molecular formula is C26H31N7O2. The van der Waals surface area contributed by atoms with Crippen molar-refractivity contribution < 1.29 is 9.59 Å². The first-order chi connectivity index (χ1) is 16.9. The van der Waals surface area contributed by atoms with Crippen LogP contribution in [0.2, 0.25) is 0 Å². The van der Waals surface area contributed by atoms with Gasteiger partial charge in [0.15, 0.2) is 6.04 Å². The van der Waals surface area contributed by atoms with Crippen LogP contribution in [-0.4, -0.2) is 55.0 Å². The van der Waals surface area contributed by atoms with Crippen molar-refractivity contribution in [2.45, 2.75) is 45.1 Å². The predicted octanol–water partition coefficient (Wildman–Crippen LogP) is 3.61. The van der Waals surface area contributed by atoms with E-state index in [9.17, 15) is 9.59 Å². The number of nitrogens with one attached hydrogen (secondary N) is 1. The lowest BCUT2D eigenvalue weighted by atomic mass is 10.1. The summed E-state index contributed by atoms with van der Waals surface area (Å²) in [7, 11) is 1.80. The Hall–Kier alpha value is -4.01. The van der Waals surface area contributed by atoms with Crippen molar-refractivity contribution in [1.82, 2.24) is 29.6 Å². The molecule has 0 aliphatic carbocycles. The Labute approximate surface area is 204 Å². The lowest BCUT2D eigenvalue weighted by Gasteiger charge is -2.23. The molecule has 0 saturated heterocycles. The number of hydrogen-bond acceptors (Lipinski definition) is 5. The Kier molecular flexibility index (Phi) is 7.54. The highest BCUT2D eigenvalue weighted by molar-refractivity contribution is 5.86. The van der Waals surface area contributed by atoms with Crippen molar-refractivity contribution in [2.75, 3.05) is 13.6 Å². The van der Waals surface area contributed by atoms with Crippen LogP contribution in [0.4, 0.5) is 0 Å². The van der Waals surface area contributed by atoms with Gasteiger partial charge in [-0.05, 0) is 43.4 Å². The molecule has 0 fully saturated rings. The number of carbonyl (C=O) groups excluding carboxylic acids is 2. The number of nitrogens with zero attached hydrogens (tertiary/aromatic N) is 5. The molecule has 4 aromatic rings. The quantitative estimate of drug-likeness (QED) is 0.322. The fraction of sp³-hybridized carbons (Fsp3) is 0.346. The summed E-state index contributed by atoms with van der Waals surface area (Å²) in [6, 6.07) is 9.28. The molecule has 0 radical (unpaired) electrons. The third-order valence-corrected chi connectivity index (χ3v) is 6.09. The standard InChI is InChI=1S/C26H31N7O2/c1-18-11-14-33(31-18)24(26(35)32(2)13-6-4-3-5-7-23(27)34)25-29-17-22(30-25)20-9-8-19-10-12-28-16-21(19)15-20/h8-12,14-17,24H,3-7,13H2,1-2H3,(H2,27,34)(H,29,30)/t24-/m0/s1. The van der Waals surface area contributed by atoms with Gasteiger partial charge in [-0.15, -0.1) is 0 Å². The second kappa shape index (κ2) is 10.9. The summed E-state index contributed by atoms with van der Waals surface area (Å²) in [6.45, 7) is 2.50. The van der Waals surface area contributed by atoms with Crippen molar-refractivity contribution in [3.63, 3.8) is 0 Å². The Morgan fingerprint density at radius 1 is 1.09 bits per heavy atom. The summed E-state index contributed by atoms with van der Waals surface area (Å²) in [5.74, 6) is 0.175. The van der Waals surface area contributed by atoms with Crippen LogP contribution in [0.15, 0.2) is 55.1 Å². The lowest BCUT2D eigenvalue weighted by Crippen LogP contribution is -2.36. The van der Waals surface area contributed by atoms with E-state index in [1.54, 1.807) is 35.2 Å². The number of H-pyrrole nitrogens is 1. The summed E-state index contributed by atoms with van der Waals surface area (Å²) in [6.07, 6.45) is 11.0. The maximum atomic E-state index is 13.5. The zero-order valence-corrected chi connectivity index (χ0v) is 20.1. The number of aryl methyl sites for hydroxylation is 1. The smallest absolute Gasteiger partial charge is 0.255 e. The number of hydrogen-bond donors (Lipinski definition) is 2. The molecule has 35 heavy (non-hydrogen) atoms. The van der Waals surface area contributed by atoms with E-state index in [4.69, 9.17) is 5.73 Å². The first kappa shape index (κ1) is 24.1. The number of rotatable bonds is 11. The Morgan fingerprint density at radius 3 is 2.69 bits per heavy atom. The van der Waals surface area contributed by atoms with Gasteiger partial charge in [-0.2, -0.15) is 5.10 Å². The van der Waals surface area contributed by atoms with E-state index in [2.05, 4.69) is 26.1 Å². The number of aromatic nitrogens is 5. The highest BCUT2D eigenvalue weighted by atomic mass is 16.2. The van der Waals surface area contributed by atoms with E-state index in [-0.39, 0.29) is 11.8 Å². The van der Waals surface area contributed by atoms with Crippen LogP contribution in [-0.2, 0) is 9.59 Å². The normalized spacial score (nSPS) is 12.1. The van der Waals surface area contributed by atoms with Crippen LogP contribution in [0.1, 0.15) is 49.7 Å². The van der Waals surface area contributed by atoms with Gasteiger partial charge in [0.2, 0.25) is 5.91 Å². The minimum atomic E-state index is -0.695. The fourth-order valence-electron chi connectivity index (χ4n) is 4.13. The Balaban J connectivity index is 1.50. The van der Waals surface area contributed by atoms with Crippen LogP contribution >= 0.6 is 0 Å². The van der Waals surface area contributed by atoms with E-state index in [0.29, 0.717) is 18.8 Å². The van der Waals surface area contributed by atoms with Crippen LogP contribution in [0.5, 0.6) is 0 Å². The van der Waals surface area contributed by atoms with Gasteiger partial charge in [0.05, 0.1) is 17.6 Å². The van der Waals surface area contributed by atoms with Gasteiger partial charge >= 0.3 is 0 Å². The summed E-state index contributed by atoms with van der Waals surface area (Å²) in [5, 5.41) is 6.65. The van der Waals surface area contributed by atoms with Crippen LogP contribution in [0.25, 0.3) is 22.0 Å². The number of amides is 2. The van der Waals surface area contributed by atoms with Gasteiger partial charge in [-0.25, -0.2) is 4.98 Å². The highest BCUT2D eigenvalue weighted by Crippen LogP contribution is 2.25. The molecule has 3 aromatic heterocycles. The molecule has 0 spiro atoms. The maximum Gasteiger partial charge on any atom is 0.255 e. The molecule has 1 atom stereocenters. The van der Waals surface area contributed by atoms with Gasteiger partial charge < -0.3 is 15.6 Å². The zero-order chi connectivity index (χ0) is 24.8. The maximum absolute atomic E-state index is 13.5. The summed E-state index contributed by atoms with van der Waals surface area (Å²) in [4.78, 5) is 38.2. The van der Waals surface area contributed by atoms with E-state index >= 15 is 0 Å². The van der Waals surface area contributed by atoms with Crippen molar-refractivity contribution in [3.05, 3.63) is 66.6 Å². The number of likely N-dealkylation sites (N-methyl/N-ethyl adjacent to an activating group) is 1. The largest absolute Gasteiger partial charge is 0.370 e. The minimum Gasteiger partial charge on any atom is -0.370 e. The SMILES string of the molecule is Cc1ccn([C@H](C(=O)N(C)CCCCCCC(N)=O)c2ncc(-c3ccc4ccncc4c3)[nH]2)n1. The topological polar surface area (TPSA) is 123 Å². The number of benzene rings is 1. The number of nitrogens with two attached hydrogens (primary N) is 1. The summed E-state index contributed by atoms with van der Waals surface area (Å²) < 4.78 is 1.66. The second-order valence-electron chi connectivity index (χ2n) is 8.85. The first-order valence-electron chi connectivity index (χ1n) is 11.9. The van der Waals surface area contributed by atoms with E-state index in [1.165, 1.54) is 0 Å². The van der Waals surface area contributed by atoms with Crippen molar-refractivity contribution in [2.24, 2.45) is 5.73 Å². The number of pyridine rings is 1. The van der Waals surface area contributed by atoms with Gasteiger partial charge in [0.1, 0.15) is 5.82 Å². The van der Waals surface area contributed by atoms with Gasteiger partial charge in [0.25, 0.3) is 5.91 Å². The number of carbonyl (C=O) groups is 2. The molecule has 9 nitrogen and oxygen atoms in total. The molecule has 0 bridgehead atoms. The molecule has 3 N–H and O–H groups in total. The Morgan fingerprint density at radius 2 is 1.91 bits per heavy atom. The third-order valence-electron chi connectivity index (χ3n) is 6.09. The number of fused-ring (bicyclic) bond motifs is 1. The summed E-state index contributed by atoms with van der Waals surface area (Å²) in [5.41, 5.74) is 7.81. The monoisotopic (exact) mass is 473 g/mol. The lowest BCUT2D eigenvalue weighted by molar-refractivity contribution is -0.132. The van der Waals surface area contributed by atoms with E-state index in [0.717, 1.165) is 53.4 Å². The van der Waals surface area contributed by atoms with Crippen LogP contribution < -0.4 is 5.73 Å². The summed E-state index contributed by atoms with van der Waals surface area (Å²) >= 11 is 0. The molecule has 0 saturated carbocycles. The van der Waals surface area contributed by atoms with E-state index in [1.807, 2.05) is 37.4 Å². The molecule has 0 aliphatic rings. The molecule has 9 heteroatoms.